The molecule has 1 unspecified atom stereocenters. The predicted octanol–water partition coefficient (Wildman–Crippen LogP) is -0.147. The van der Waals surface area contributed by atoms with Crippen LogP contribution in [0, 0.1) is 5.53 Å². The molecular weight excluding hydrogens is 144 g/mol. The summed E-state index contributed by atoms with van der Waals surface area (Å²) in [5, 5.41) is 3.08. The van der Waals surface area contributed by atoms with Crippen LogP contribution in [0.2, 0.25) is 0 Å². The van der Waals surface area contributed by atoms with Crippen molar-refractivity contribution in [2.45, 2.75) is 6.04 Å². The molecule has 0 aromatic heterocycles. The minimum absolute atomic E-state index is 0.359. The molecule has 2 N–H and O–H groups in total. The lowest BCUT2D eigenvalue weighted by Crippen LogP contribution is -2.47. The second-order valence-corrected chi connectivity index (χ2v) is 2.68. The largest absolute Gasteiger partial charge is 0.378 e. The van der Waals surface area contributed by atoms with E-state index in [0.717, 1.165) is 19.8 Å². The second-order valence-electron chi connectivity index (χ2n) is 2.68. The molecule has 0 aromatic carbocycles. The number of morpholine rings is 1. The summed E-state index contributed by atoms with van der Waals surface area (Å²) in [5.41, 5.74) is 9.16. The smallest absolute Gasteiger partial charge is 0.0640 e. The van der Waals surface area contributed by atoms with E-state index in [-0.39, 0.29) is 0 Å². The zero-order valence-electron chi connectivity index (χ0n) is 6.71. The minimum Gasteiger partial charge on any atom is -0.378 e. The number of hydrogen-bond donors (Lipinski definition) is 2. The van der Waals surface area contributed by atoms with Crippen LogP contribution in [-0.2, 0) is 4.74 Å². The Morgan fingerprint density at radius 2 is 2.64 bits per heavy atom. The van der Waals surface area contributed by atoms with Crippen LogP contribution in [-0.4, -0.2) is 44.3 Å². The Morgan fingerprint density at radius 1 is 1.82 bits per heavy atom. The van der Waals surface area contributed by atoms with E-state index in [1.54, 1.807) is 0 Å². The monoisotopic (exact) mass is 158 g/mol. The normalized spacial score (nSPS) is 26.5. The maximum absolute atomic E-state index is 6.54. The fourth-order valence-corrected chi connectivity index (χ4v) is 1.10. The molecule has 0 aliphatic carbocycles. The van der Waals surface area contributed by atoms with E-state index in [0.29, 0.717) is 12.6 Å². The molecule has 1 rings (SSSR count). The molecule has 0 bridgehead atoms. The maximum Gasteiger partial charge on any atom is 0.0640 e. The quantitative estimate of drug-likeness (QED) is 0.443. The Hall–Kier alpha value is -0.680. The fourth-order valence-electron chi connectivity index (χ4n) is 1.10. The average molecular weight is 158 g/mol. The maximum atomic E-state index is 6.54. The number of hydrogen-bond acceptors (Lipinski definition) is 4. The van der Waals surface area contributed by atoms with Gasteiger partial charge in [-0.25, -0.2) is 0 Å². The van der Waals surface area contributed by atoms with Gasteiger partial charge in [0.25, 0.3) is 0 Å². The first-order valence-electron chi connectivity index (χ1n) is 3.72. The van der Waals surface area contributed by atoms with Crippen LogP contribution in [0.4, 0.5) is 0 Å². The highest BCUT2D eigenvalue weighted by atomic mass is 16.5. The number of ether oxygens (including phenoxy) is 1. The standard InChI is InChI=1S/C6H14N4O/c1-10-2-3-11-5-6(10)4-8-9-7/h6H,2-5H2,1H3,(H2,7,8). The third-order valence-electron chi connectivity index (χ3n) is 1.93. The third-order valence-corrected chi connectivity index (χ3v) is 1.93. The van der Waals surface area contributed by atoms with Gasteiger partial charge in [-0.15, -0.1) is 0 Å². The fraction of sp³-hybridized carbons (Fsp3) is 1.00. The number of nitrogens with one attached hydrogen (secondary N) is 2. The van der Waals surface area contributed by atoms with Crippen molar-refractivity contribution < 1.29 is 4.74 Å². The lowest BCUT2D eigenvalue weighted by atomic mass is 10.2. The zero-order chi connectivity index (χ0) is 8.10. The number of rotatable bonds is 3. The van der Waals surface area contributed by atoms with Gasteiger partial charge in [0, 0.05) is 6.54 Å². The Labute approximate surface area is 66.2 Å². The van der Waals surface area contributed by atoms with Gasteiger partial charge in [-0.3, -0.25) is 10.3 Å². The number of nitrogens with zero attached hydrogens (tertiary/aromatic N) is 2. The summed E-state index contributed by atoms with van der Waals surface area (Å²) < 4.78 is 5.26. The van der Waals surface area contributed by atoms with Gasteiger partial charge in [-0.05, 0) is 7.05 Å². The van der Waals surface area contributed by atoms with Crippen molar-refractivity contribution >= 4 is 0 Å². The van der Waals surface area contributed by atoms with Gasteiger partial charge in [-0.2, -0.15) is 5.53 Å². The van der Waals surface area contributed by atoms with Gasteiger partial charge in [0.05, 0.1) is 25.8 Å². The van der Waals surface area contributed by atoms with Crippen LogP contribution in [0.15, 0.2) is 5.22 Å². The highest BCUT2D eigenvalue weighted by Gasteiger charge is 2.18. The van der Waals surface area contributed by atoms with Crippen LogP contribution < -0.4 is 5.43 Å². The molecule has 1 aliphatic heterocycles. The summed E-state index contributed by atoms with van der Waals surface area (Å²) in [6, 6.07) is 0.359. The molecule has 5 nitrogen and oxygen atoms in total. The lowest BCUT2D eigenvalue weighted by molar-refractivity contribution is 0.00630. The molecule has 5 heteroatoms. The first-order valence-corrected chi connectivity index (χ1v) is 3.72. The van der Waals surface area contributed by atoms with E-state index in [4.69, 9.17) is 10.3 Å². The molecule has 0 radical (unpaired) electrons. The van der Waals surface area contributed by atoms with E-state index in [1.807, 2.05) is 0 Å². The Balaban J connectivity index is 2.23. The van der Waals surface area contributed by atoms with Crippen LogP contribution in [0.25, 0.3) is 0 Å². The summed E-state index contributed by atoms with van der Waals surface area (Å²) >= 11 is 0. The summed E-state index contributed by atoms with van der Waals surface area (Å²) in [5.74, 6) is 0. The minimum atomic E-state index is 0.359. The van der Waals surface area contributed by atoms with Crippen molar-refractivity contribution in [2.24, 2.45) is 5.22 Å². The topological polar surface area (TPSA) is 60.7 Å². The van der Waals surface area contributed by atoms with Crippen LogP contribution >= 0.6 is 0 Å². The molecule has 0 spiro atoms. The molecule has 1 fully saturated rings. The van der Waals surface area contributed by atoms with Crippen molar-refractivity contribution in [1.82, 2.24) is 10.3 Å². The SMILES string of the molecule is CN1CCOCC1CNN=N. The average Bonchev–Trinajstić information content (AvgIpc) is 2.03. The number of likely N-dealkylation sites (N-methyl/N-ethyl adjacent to an activating group) is 1. The molecule has 0 saturated carbocycles. The van der Waals surface area contributed by atoms with Crippen molar-refractivity contribution in [3.63, 3.8) is 0 Å². The van der Waals surface area contributed by atoms with Gasteiger partial charge in [0.15, 0.2) is 0 Å². The zero-order valence-corrected chi connectivity index (χ0v) is 6.71. The Kier molecular flexibility index (Phi) is 3.25. The second kappa shape index (κ2) is 4.25. The summed E-state index contributed by atoms with van der Waals surface area (Å²) in [7, 11) is 2.05. The highest BCUT2D eigenvalue weighted by Crippen LogP contribution is 2.01. The van der Waals surface area contributed by atoms with E-state index in [2.05, 4.69) is 22.6 Å². The van der Waals surface area contributed by atoms with Crippen molar-refractivity contribution in [3.05, 3.63) is 0 Å². The first-order chi connectivity index (χ1) is 5.34. The molecular formula is C6H14N4O. The molecule has 0 amide bonds. The molecule has 1 saturated heterocycles. The lowest BCUT2D eigenvalue weighted by Gasteiger charge is -2.31. The van der Waals surface area contributed by atoms with Gasteiger partial charge in [-0.1, -0.05) is 5.22 Å². The van der Waals surface area contributed by atoms with Crippen molar-refractivity contribution in [1.29, 1.82) is 5.53 Å². The highest BCUT2D eigenvalue weighted by molar-refractivity contribution is 4.73. The van der Waals surface area contributed by atoms with Crippen LogP contribution in [0.1, 0.15) is 0 Å². The van der Waals surface area contributed by atoms with Gasteiger partial charge < -0.3 is 4.74 Å². The molecule has 0 aromatic rings. The Morgan fingerprint density at radius 3 is 3.27 bits per heavy atom. The van der Waals surface area contributed by atoms with Crippen molar-refractivity contribution in [3.8, 4) is 0 Å². The van der Waals surface area contributed by atoms with Gasteiger partial charge >= 0.3 is 0 Å². The molecule has 1 atom stereocenters. The van der Waals surface area contributed by atoms with E-state index in [9.17, 15) is 0 Å². The summed E-state index contributed by atoms with van der Waals surface area (Å²) in [4.78, 5) is 2.21. The van der Waals surface area contributed by atoms with Gasteiger partial charge in [0.1, 0.15) is 0 Å². The van der Waals surface area contributed by atoms with E-state index in [1.165, 1.54) is 0 Å². The van der Waals surface area contributed by atoms with Crippen LogP contribution in [0.3, 0.4) is 0 Å². The predicted molar refractivity (Wildman–Crippen MR) is 40.4 cm³/mol. The Bertz CT molecular complexity index is 130. The summed E-state index contributed by atoms with van der Waals surface area (Å²) in [6.07, 6.45) is 0. The van der Waals surface area contributed by atoms with Crippen molar-refractivity contribution in [2.75, 3.05) is 33.4 Å². The first kappa shape index (κ1) is 8.42. The third kappa shape index (κ3) is 2.44. The van der Waals surface area contributed by atoms with E-state index >= 15 is 0 Å². The molecule has 1 heterocycles. The van der Waals surface area contributed by atoms with Gasteiger partial charge in [0.2, 0.25) is 0 Å². The summed E-state index contributed by atoms with van der Waals surface area (Å²) in [6.45, 7) is 3.20. The molecule has 11 heavy (non-hydrogen) atoms. The van der Waals surface area contributed by atoms with Crippen LogP contribution in [0.5, 0.6) is 0 Å². The van der Waals surface area contributed by atoms with E-state index < -0.39 is 0 Å². The molecule has 1 aliphatic rings. The molecule has 64 valence electrons.